The number of hydrogen-bond acceptors (Lipinski definition) is 7. The fourth-order valence-corrected chi connectivity index (χ4v) is 5.23. The van der Waals surface area contributed by atoms with Crippen molar-refractivity contribution in [3.63, 3.8) is 0 Å². The summed E-state index contributed by atoms with van der Waals surface area (Å²) in [4.78, 5) is 16.2. The second-order valence-corrected chi connectivity index (χ2v) is 8.76. The molecule has 0 saturated heterocycles. The number of aliphatic hydroxyl groups is 1. The van der Waals surface area contributed by atoms with Gasteiger partial charge in [-0.25, -0.2) is 0 Å². The molecule has 1 atom stereocenters. The van der Waals surface area contributed by atoms with E-state index in [9.17, 15) is 9.90 Å². The Morgan fingerprint density at radius 1 is 1.09 bits per heavy atom. The van der Waals surface area contributed by atoms with Crippen LogP contribution in [0.4, 0.5) is 0 Å². The van der Waals surface area contributed by atoms with E-state index < -0.39 is 12.5 Å². The quantitative estimate of drug-likeness (QED) is 0.405. The molecule has 8 nitrogen and oxygen atoms in total. The lowest BCUT2D eigenvalue weighted by Crippen LogP contribution is -2.63. The van der Waals surface area contributed by atoms with Crippen molar-refractivity contribution in [2.24, 2.45) is 5.41 Å². The third-order valence-electron chi connectivity index (χ3n) is 7.09. The zero-order valence-electron chi connectivity index (χ0n) is 21.5. The number of hydrogen-bond donors (Lipinski definition) is 1. The van der Waals surface area contributed by atoms with E-state index in [-0.39, 0.29) is 11.3 Å². The highest BCUT2D eigenvalue weighted by molar-refractivity contribution is 5.77. The Morgan fingerprint density at radius 3 is 2.43 bits per heavy atom. The van der Waals surface area contributed by atoms with E-state index in [2.05, 4.69) is 23.1 Å². The summed E-state index contributed by atoms with van der Waals surface area (Å²) in [5.74, 6) is 0.0484. The van der Waals surface area contributed by atoms with E-state index in [0.717, 1.165) is 12.0 Å². The van der Waals surface area contributed by atoms with Gasteiger partial charge in [0.15, 0.2) is 11.5 Å². The Labute approximate surface area is 208 Å². The van der Waals surface area contributed by atoms with Crippen LogP contribution in [0.2, 0.25) is 0 Å². The maximum absolute atomic E-state index is 12.5. The normalized spacial score (nSPS) is 18.7. The van der Waals surface area contributed by atoms with Crippen molar-refractivity contribution in [1.29, 1.82) is 0 Å². The van der Waals surface area contributed by atoms with Crippen molar-refractivity contribution in [2.45, 2.75) is 25.2 Å². The van der Waals surface area contributed by atoms with Gasteiger partial charge in [0.1, 0.15) is 6.61 Å². The monoisotopic (exact) mass is 486 g/mol. The Hall–Kier alpha value is -2.65. The van der Waals surface area contributed by atoms with Gasteiger partial charge in [-0.05, 0) is 43.5 Å². The van der Waals surface area contributed by atoms with Gasteiger partial charge in [0.2, 0.25) is 11.8 Å². The van der Waals surface area contributed by atoms with Crippen LogP contribution in [0, 0.1) is 5.41 Å². The molecular weight excluding hydrogens is 448 g/mol. The highest BCUT2D eigenvalue weighted by Gasteiger charge is 2.58. The molecule has 0 saturated carbocycles. The van der Waals surface area contributed by atoms with Gasteiger partial charge in [-0.1, -0.05) is 42.5 Å². The molecule has 35 heavy (non-hydrogen) atoms. The number of carbonyl (C=O) groups is 1. The second kappa shape index (κ2) is 11.9. The number of fused-ring (bicyclic) bond motifs is 1. The van der Waals surface area contributed by atoms with Crippen LogP contribution in [-0.2, 0) is 20.7 Å². The number of nitrogens with zero attached hydrogens (tertiary/aromatic N) is 2. The van der Waals surface area contributed by atoms with Crippen LogP contribution < -0.4 is 9.47 Å². The van der Waals surface area contributed by atoms with Gasteiger partial charge in [-0.3, -0.25) is 9.69 Å². The molecule has 0 heterocycles. The third-order valence-corrected chi connectivity index (χ3v) is 7.09. The van der Waals surface area contributed by atoms with Crippen LogP contribution in [0.5, 0.6) is 11.5 Å². The van der Waals surface area contributed by atoms with Crippen LogP contribution in [0.3, 0.4) is 0 Å². The minimum absolute atomic E-state index is 0.303. The van der Waals surface area contributed by atoms with Crippen LogP contribution >= 0.6 is 0 Å². The molecule has 2 aliphatic carbocycles. The molecule has 1 amide bonds. The number of para-hydroxylation sites is 1. The van der Waals surface area contributed by atoms with Crippen molar-refractivity contribution in [3.05, 3.63) is 59.7 Å². The molecule has 0 bridgehead atoms. The van der Waals surface area contributed by atoms with E-state index >= 15 is 0 Å². The van der Waals surface area contributed by atoms with E-state index in [4.69, 9.17) is 18.9 Å². The summed E-state index contributed by atoms with van der Waals surface area (Å²) in [5, 5.41) is 9.53. The molecule has 2 aliphatic rings. The zero-order chi connectivity index (χ0) is 25.5. The Balaban J connectivity index is 1.66. The summed E-state index contributed by atoms with van der Waals surface area (Å²) >= 11 is 0. The van der Waals surface area contributed by atoms with Crippen molar-refractivity contribution in [1.82, 2.24) is 9.80 Å². The lowest BCUT2D eigenvalue weighted by atomic mass is 9.63. The molecule has 1 unspecified atom stereocenters. The summed E-state index contributed by atoms with van der Waals surface area (Å²) in [6.45, 7) is 1.05. The van der Waals surface area contributed by atoms with Gasteiger partial charge in [0.05, 0.1) is 19.6 Å². The Bertz CT molecular complexity index is 968. The molecule has 1 aromatic rings. The molecule has 3 rings (SSSR count). The maximum Gasteiger partial charge on any atom is 0.248 e. The van der Waals surface area contributed by atoms with Crippen LogP contribution in [0.25, 0.3) is 0 Å². The molecule has 0 aliphatic heterocycles. The predicted molar refractivity (Wildman–Crippen MR) is 134 cm³/mol. The maximum atomic E-state index is 12.5. The average Bonchev–Trinajstić information content (AvgIpc) is 2.87. The van der Waals surface area contributed by atoms with Gasteiger partial charge in [-0.2, -0.15) is 0 Å². The molecule has 0 fully saturated rings. The number of amides is 1. The molecule has 8 heteroatoms. The summed E-state index contributed by atoms with van der Waals surface area (Å²) in [5.41, 5.74) is 1.75. The first-order valence-electron chi connectivity index (χ1n) is 11.9. The van der Waals surface area contributed by atoms with E-state index in [1.807, 2.05) is 37.4 Å². The largest absolute Gasteiger partial charge is 0.493 e. The summed E-state index contributed by atoms with van der Waals surface area (Å²) in [6, 6.07) is 5.69. The fraction of sp³-hybridized carbons (Fsp3) is 0.519. The van der Waals surface area contributed by atoms with Crippen molar-refractivity contribution < 1.29 is 28.8 Å². The molecule has 1 N–H and O–H groups in total. The molecule has 0 aromatic heterocycles. The minimum Gasteiger partial charge on any atom is -0.493 e. The highest BCUT2D eigenvalue weighted by Crippen LogP contribution is 2.55. The van der Waals surface area contributed by atoms with Crippen LogP contribution in [0.15, 0.2) is 54.2 Å². The van der Waals surface area contributed by atoms with Crippen LogP contribution in [-0.4, -0.2) is 88.5 Å². The number of benzene rings is 1. The standard InChI is InChI=1S/C27H38N2O6/c1-28(27(34-4,35-5)26-15-7-6-11-22(26)13-16-26)17-9-18-29(24(31)20-30)19-14-21-10-8-12-23(32-2)25(21)33-3/h6-8,10-13,15,30H,9,14,16-20H2,1-5H3. The lowest BCUT2D eigenvalue weighted by Gasteiger charge is -2.55. The average molecular weight is 487 g/mol. The number of carbonyl (C=O) groups excluding carboxylic acids is 1. The first-order chi connectivity index (χ1) is 16.9. The van der Waals surface area contributed by atoms with Crippen molar-refractivity contribution in [3.8, 4) is 11.5 Å². The van der Waals surface area contributed by atoms with Gasteiger partial charge < -0.3 is 29.0 Å². The highest BCUT2D eigenvalue weighted by atomic mass is 16.7. The number of aliphatic hydroxyl groups excluding tert-OH is 1. The number of allylic oxidation sites excluding steroid dienone is 4. The third kappa shape index (κ3) is 5.02. The molecule has 192 valence electrons. The van der Waals surface area contributed by atoms with Crippen molar-refractivity contribution >= 4 is 5.91 Å². The van der Waals surface area contributed by atoms with Gasteiger partial charge >= 0.3 is 0 Å². The topological polar surface area (TPSA) is 80.7 Å². The number of ether oxygens (including phenoxy) is 4. The lowest BCUT2D eigenvalue weighted by molar-refractivity contribution is -0.333. The van der Waals surface area contributed by atoms with Gasteiger partial charge in [0, 0.05) is 33.9 Å². The molecule has 1 aromatic carbocycles. The van der Waals surface area contributed by atoms with E-state index in [0.29, 0.717) is 44.0 Å². The van der Waals surface area contributed by atoms with E-state index in [1.54, 1.807) is 33.3 Å². The number of methoxy groups -OCH3 is 4. The number of rotatable bonds is 14. The summed E-state index contributed by atoms with van der Waals surface area (Å²) < 4.78 is 22.9. The first kappa shape index (κ1) is 26.9. The summed E-state index contributed by atoms with van der Waals surface area (Å²) in [6.07, 6.45) is 12.6. The first-order valence-corrected chi connectivity index (χ1v) is 11.9. The van der Waals surface area contributed by atoms with Gasteiger partial charge in [-0.15, -0.1) is 0 Å². The SMILES string of the molecule is COc1cccc(CCN(CCCN(C)C(OC)(OC)C23C=CC=CC2=CC3)C(=O)CO)c1OC. The fourth-order valence-electron chi connectivity index (χ4n) is 5.23. The molecule has 0 radical (unpaired) electrons. The minimum atomic E-state index is -0.960. The van der Waals surface area contributed by atoms with E-state index in [1.165, 1.54) is 5.57 Å². The second-order valence-electron chi connectivity index (χ2n) is 8.76. The molecular formula is C27H38N2O6. The Kier molecular flexibility index (Phi) is 9.13. The zero-order valence-corrected chi connectivity index (χ0v) is 21.5. The summed E-state index contributed by atoms with van der Waals surface area (Å²) in [7, 11) is 8.51. The van der Waals surface area contributed by atoms with Crippen LogP contribution in [0.1, 0.15) is 18.4 Å². The van der Waals surface area contributed by atoms with Gasteiger partial charge in [0.25, 0.3) is 0 Å². The smallest absolute Gasteiger partial charge is 0.248 e. The Morgan fingerprint density at radius 2 is 1.86 bits per heavy atom. The molecule has 0 spiro atoms. The van der Waals surface area contributed by atoms with Crippen molar-refractivity contribution in [2.75, 3.05) is 61.7 Å². The predicted octanol–water partition coefficient (Wildman–Crippen LogP) is 2.78.